The summed E-state index contributed by atoms with van der Waals surface area (Å²) in [5.41, 5.74) is 2.55. The summed E-state index contributed by atoms with van der Waals surface area (Å²) < 4.78 is 16.0. The van der Waals surface area contributed by atoms with E-state index in [4.69, 9.17) is 14.2 Å². The van der Waals surface area contributed by atoms with E-state index >= 15 is 0 Å². The molecule has 134 valence electrons. The minimum atomic E-state index is 0.783. The van der Waals surface area contributed by atoms with Crippen LogP contribution in [0.3, 0.4) is 0 Å². The third kappa shape index (κ3) is 4.17. The molecule has 2 aromatic rings. The summed E-state index contributed by atoms with van der Waals surface area (Å²) in [6, 6.07) is 14.5. The molecule has 0 aromatic heterocycles. The summed E-state index contributed by atoms with van der Waals surface area (Å²) in [6.45, 7) is 5.39. The molecule has 0 unspecified atom stereocenters. The number of piperazine rings is 1. The lowest BCUT2D eigenvalue weighted by atomic mass is 10.1. The van der Waals surface area contributed by atoms with E-state index < -0.39 is 0 Å². The molecule has 1 N–H and O–H groups in total. The highest BCUT2D eigenvalue weighted by Gasteiger charge is 2.21. The van der Waals surface area contributed by atoms with Crippen LogP contribution in [0.25, 0.3) is 0 Å². The van der Waals surface area contributed by atoms with Crippen molar-refractivity contribution in [1.29, 1.82) is 0 Å². The Bertz CT molecular complexity index is 680. The van der Waals surface area contributed by atoms with Gasteiger partial charge in [0.1, 0.15) is 12.3 Å². The number of benzene rings is 2. The SMILES string of the molecule is COc1ccc(N2CC[NH+](Cc3ccc(OC)c(OC)c3)CC2)cc1. The molecule has 2 aromatic carbocycles. The first kappa shape index (κ1) is 17.4. The lowest BCUT2D eigenvalue weighted by Gasteiger charge is -2.33. The van der Waals surface area contributed by atoms with E-state index in [2.05, 4.69) is 29.2 Å². The van der Waals surface area contributed by atoms with Gasteiger partial charge in [0.25, 0.3) is 0 Å². The van der Waals surface area contributed by atoms with Gasteiger partial charge in [-0.05, 0) is 42.5 Å². The molecule has 0 radical (unpaired) electrons. The van der Waals surface area contributed by atoms with Crippen molar-refractivity contribution in [2.45, 2.75) is 6.54 Å². The molecule has 0 atom stereocenters. The summed E-state index contributed by atoms with van der Waals surface area (Å²) >= 11 is 0. The molecule has 1 fully saturated rings. The maximum atomic E-state index is 5.41. The molecule has 5 heteroatoms. The first-order valence-corrected chi connectivity index (χ1v) is 8.67. The molecule has 1 aliphatic rings. The summed E-state index contributed by atoms with van der Waals surface area (Å²) in [5.74, 6) is 2.49. The first-order valence-electron chi connectivity index (χ1n) is 8.67. The minimum absolute atomic E-state index is 0.783. The Balaban J connectivity index is 1.57. The van der Waals surface area contributed by atoms with Gasteiger partial charge in [0.2, 0.25) is 0 Å². The van der Waals surface area contributed by atoms with Gasteiger partial charge < -0.3 is 24.0 Å². The van der Waals surface area contributed by atoms with Crippen LogP contribution in [-0.2, 0) is 6.54 Å². The monoisotopic (exact) mass is 343 g/mol. The first-order chi connectivity index (χ1) is 12.2. The molecule has 5 nitrogen and oxygen atoms in total. The number of hydrogen-bond donors (Lipinski definition) is 1. The molecule has 0 saturated carbocycles. The van der Waals surface area contributed by atoms with Crippen molar-refractivity contribution in [3.8, 4) is 17.2 Å². The molecule has 25 heavy (non-hydrogen) atoms. The largest absolute Gasteiger partial charge is 0.497 e. The van der Waals surface area contributed by atoms with E-state index in [1.54, 1.807) is 26.2 Å². The number of rotatable bonds is 6. The molecule has 1 aliphatic heterocycles. The molecule has 3 rings (SSSR count). The average Bonchev–Trinajstić information content (AvgIpc) is 2.68. The topological polar surface area (TPSA) is 35.4 Å². The second-order valence-corrected chi connectivity index (χ2v) is 6.30. The molecule has 0 bridgehead atoms. The van der Waals surface area contributed by atoms with Gasteiger partial charge in [0.05, 0.1) is 47.5 Å². The van der Waals surface area contributed by atoms with Crippen molar-refractivity contribution in [3.05, 3.63) is 48.0 Å². The van der Waals surface area contributed by atoms with Crippen LogP contribution in [0.1, 0.15) is 5.56 Å². The molecule has 1 heterocycles. The number of hydrogen-bond acceptors (Lipinski definition) is 4. The van der Waals surface area contributed by atoms with Crippen LogP contribution >= 0.6 is 0 Å². The van der Waals surface area contributed by atoms with E-state index in [9.17, 15) is 0 Å². The van der Waals surface area contributed by atoms with Crippen LogP contribution in [0.5, 0.6) is 17.2 Å². The third-order valence-corrected chi connectivity index (χ3v) is 4.81. The summed E-state index contributed by atoms with van der Waals surface area (Å²) in [4.78, 5) is 4.04. The number of nitrogens with one attached hydrogen (secondary N) is 1. The van der Waals surface area contributed by atoms with Crippen molar-refractivity contribution < 1.29 is 19.1 Å². The molecule has 0 amide bonds. The van der Waals surface area contributed by atoms with E-state index in [-0.39, 0.29) is 0 Å². The Morgan fingerprint density at radius 1 is 0.840 bits per heavy atom. The minimum Gasteiger partial charge on any atom is -0.497 e. The van der Waals surface area contributed by atoms with Gasteiger partial charge in [0.15, 0.2) is 11.5 Å². The van der Waals surface area contributed by atoms with Gasteiger partial charge in [-0.15, -0.1) is 0 Å². The van der Waals surface area contributed by atoms with Crippen LogP contribution in [0.15, 0.2) is 42.5 Å². The highest BCUT2D eigenvalue weighted by molar-refractivity contribution is 5.49. The fraction of sp³-hybridized carbons (Fsp3) is 0.400. The van der Waals surface area contributed by atoms with E-state index in [1.165, 1.54) is 11.3 Å². The van der Waals surface area contributed by atoms with Gasteiger partial charge in [-0.25, -0.2) is 0 Å². The van der Waals surface area contributed by atoms with Gasteiger partial charge >= 0.3 is 0 Å². The summed E-state index contributed by atoms with van der Waals surface area (Å²) in [7, 11) is 5.05. The standard InChI is InChI=1S/C20H26N2O3/c1-23-18-7-5-17(6-8-18)22-12-10-21(11-13-22)15-16-4-9-19(24-2)20(14-16)25-3/h4-9,14H,10-13,15H2,1-3H3/p+1. The highest BCUT2D eigenvalue weighted by Crippen LogP contribution is 2.27. The van der Waals surface area contributed by atoms with E-state index in [1.807, 2.05) is 18.2 Å². The summed E-state index contributed by atoms with van der Waals surface area (Å²) in [6.07, 6.45) is 0. The van der Waals surface area contributed by atoms with Gasteiger partial charge in [-0.2, -0.15) is 0 Å². The molecular weight excluding hydrogens is 316 g/mol. The second-order valence-electron chi connectivity index (χ2n) is 6.30. The smallest absolute Gasteiger partial charge is 0.161 e. The van der Waals surface area contributed by atoms with Gasteiger partial charge in [-0.1, -0.05) is 0 Å². The third-order valence-electron chi connectivity index (χ3n) is 4.81. The number of nitrogens with zero attached hydrogens (tertiary/aromatic N) is 1. The van der Waals surface area contributed by atoms with Crippen LogP contribution < -0.4 is 24.0 Å². The maximum Gasteiger partial charge on any atom is 0.161 e. The van der Waals surface area contributed by atoms with Gasteiger partial charge in [0, 0.05) is 11.3 Å². The van der Waals surface area contributed by atoms with Crippen LogP contribution in [0, 0.1) is 0 Å². The number of ether oxygens (including phenoxy) is 3. The lowest BCUT2D eigenvalue weighted by Crippen LogP contribution is -3.13. The quantitative estimate of drug-likeness (QED) is 0.865. The van der Waals surface area contributed by atoms with Crippen molar-refractivity contribution in [3.63, 3.8) is 0 Å². The normalized spacial score (nSPS) is 15.1. The molecule has 0 aliphatic carbocycles. The Hall–Kier alpha value is -2.40. The zero-order chi connectivity index (χ0) is 17.6. The zero-order valence-corrected chi connectivity index (χ0v) is 15.2. The number of quaternary nitrogens is 1. The van der Waals surface area contributed by atoms with E-state index in [0.29, 0.717) is 0 Å². The Morgan fingerprint density at radius 3 is 2.12 bits per heavy atom. The van der Waals surface area contributed by atoms with Crippen LogP contribution in [0.2, 0.25) is 0 Å². The predicted octanol–water partition coefficient (Wildman–Crippen LogP) is 1.62. The van der Waals surface area contributed by atoms with Crippen molar-refractivity contribution in [2.24, 2.45) is 0 Å². The molecular formula is C20H27N2O3+. The lowest BCUT2D eigenvalue weighted by molar-refractivity contribution is -0.914. The van der Waals surface area contributed by atoms with Crippen molar-refractivity contribution >= 4 is 5.69 Å². The van der Waals surface area contributed by atoms with Gasteiger partial charge in [-0.3, -0.25) is 0 Å². The van der Waals surface area contributed by atoms with Crippen molar-refractivity contribution in [1.82, 2.24) is 0 Å². The Morgan fingerprint density at radius 2 is 1.52 bits per heavy atom. The van der Waals surface area contributed by atoms with Crippen LogP contribution in [-0.4, -0.2) is 47.5 Å². The fourth-order valence-corrected chi connectivity index (χ4v) is 3.33. The number of methoxy groups -OCH3 is 3. The predicted molar refractivity (Wildman–Crippen MR) is 99.2 cm³/mol. The van der Waals surface area contributed by atoms with E-state index in [0.717, 1.165) is 50.0 Å². The zero-order valence-electron chi connectivity index (χ0n) is 15.2. The van der Waals surface area contributed by atoms with Crippen LogP contribution in [0.4, 0.5) is 5.69 Å². The summed E-state index contributed by atoms with van der Waals surface area (Å²) in [5, 5.41) is 0. The Kier molecular flexibility index (Phi) is 5.66. The number of anilines is 1. The fourth-order valence-electron chi connectivity index (χ4n) is 3.33. The Labute approximate surface area is 149 Å². The molecule has 1 saturated heterocycles. The van der Waals surface area contributed by atoms with Crippen molar-refractivity contribution in [2.75, 3.05) is 52.4 Å². The highest BCUT2D eigenvalue weighted by atomic mass is 16.5. The maximum absolute atomic E-state index is 5.41. The molecule has 0 spiro atoms. The average molecular weight is 343 g/mol. The second kappa shape index (κ2) is 8.12.